The van der Waals surface area contributed by atoms with Crippen molar-refractivity contribution in [3.8, 4) is 11.5 Å². The number of rotatable bonds is 6. The summed E-state index contributed by atoms with van der Waals surface area (Å²) in [6.45, 7) is 2.79. The first-order valence-electron chi connectivity index (χ1n) is 7.86. The summed E-state index contributed by atoms with van der Waals surface area (Å²) in [5, 5.41) is 7.18. The Labute approximate surface area is 156 Å². The molecule has 7 heteroatoms. The summed E-state index contributed by atoms with van der Waals surface area (Å²) in [7, 11) is 0. The van der Waals surface area contributed by atoms with E-state index in [-0.39, 0.29) is 25.3 Å². The Balaban J connectivity index is 1.48. The Hall–Kier alpha value is -1.95. The third-order valence-corrected chi connectivity index (χ3v) is 4.49. The number of hydrogen-bond donors (Lipinski definition) is 2. The van der Waals surface area contributed by atoms with Gasteiger partial charge in [0.1, 0.15) is 0 Å². The van der Waals surface area contributed by atoms with Crippen molar-refractivity contribution in [1.29, 1.82) is 0 Å². The molecule has 132 valence electrons. The topological polar surface area (TPSA) is 59.6 Å². The molecule has 0 aromatic heterocycles. The molecule has 0 saturated heterocycles. The molecule has 0 spiro atoms. The lowest BCUT2D eigenvalue weighted by Crippen LogP contribution is -2.34. The van der Waals surface area contributed by atoms with Gasteiger partial charge in [-0.25, -0.2) is 0 Å². The maximum Gasteiger partial charge on any atom is 0.234 e. The van der Waals surface area contributed by atoms with Crippen LogP contribution in [0.2, 0.25) is 10.0 Å². The second-order valence-electron chi connectivity index (χ2n) is 5.73. The van der Waals surface area contributed by atoms with Gasteiger partial charge in [-0.3, -0.25) is 4.79 Å². The summed E-state index contributed by atoms with van der Waals surface area (Å²) in [6, 6.07) is 10.9. The van der Waals surface area contributed by atoms with Crippen LogP contribution in [0, 0.1) is 0 Å². The van der Waals surface area contributed by atoms with E-state index in [4.69, 9.17) is 32.7 Å². The van der Waals surface area contributed by atoms with Crippen molar-refractivity contribution in [1.82, 2.24) is 10.6 Å². The largest absolute Gasteiger partial charge is 0.454 e. The van der Waals surface area contributed by atoms with E-state index in [1.165, 1.54) is 0 Å². The Kier molecular flexibility index (Phi) is 5.68. The highest BCUT2D eigenvalue weighted by molar-refractivity contribution is 6.35. The van der Waals surface area contributed by atoms with Crippen molar-refractivity contribution in [2.75, 3.05) is 13.3 Å². The van der Waals surface area contributed by atoms with Gasteiger partial charge in [0.2, 0.25) is 12.7 Å². The SMILES string of the molecule is C[C@@H](NCC(=O)NCc1ccc2c(c1)OCO2)c1ccc(Cl)cc1Cl. The van der Waals surface area contributed by atoms with Crippen molar-refractivity contribution in [2.45, 2.75) is 19.5 Å². The van der Waals surface area contributed by atoms with E-state index in [1.807, 2.05) is 31.2 Å². The molecule has 1 heterocycles. The molecule has 2 N–H and O–H groups in total. The summed E-state index contributed by atoms with van der Waals surface area (Å²) < 4.78 is 10.6. The standard InChI is InChI=1S/C18H18Cl2N2O3/c1-11(14-4-3-13(19)7-15(14)20)21-9-18(23)22-8-12-2-5-16-17(6-12)25-10-24-16/h2-7,11,21H,8-10H2,1H3,(H,22,23)/t11-/m1/s1. The van der Waals surface area contributed by atoms with E-state index >= 15 is 0 Å². The van der Waals surface area contributed by atoms with Crippen molar-refractivity contribution in [3.63, 3.8) is 0 Å². The third kappa shape index (κ3) is 4.57. The number of carbonyl (C=O) groups is 1. The minimum Gasteiger partial charge on any atom is -0.454 e. The summed E-state index contributed by atoms with van der Waals surface area (Å²) in [5.74, 6) is 1.33. The fourth-order valence-corrected chi connectivity index (χ4v) is 3.09. The molecule has 1 aliphatic rings. The lowest BCUT2D eigenvalue weighted by atomic mass is 10.1. The molecule has 2 aromatic carbocycles. The van der Waals surface area contributed by atoms with Gasteiger partial charge in [0.15, 0.2) is 11.5 Å². The fraction of sp³-hybridized carbons (Fsp3) is 0.278. The average molecular weight is 381 g/mol. The second kappa shape index (κ2) is 7.95. The number of fused-ring (bicyclic) bond motifs is 1. The van der Waals surface area contributed by atoms with Gasteiger partial charge in [0.25, 0.3) is 0 Å². The van der Waals surface area contributed by atoms with Gasteiger partial charge < -0.3 is 20.1 Å². The molecule has 1 atom stereocenters. The van der Waals surface area contributed by atoms with Crippen molar-refractivity contribution in [2.24, 2.45) is 0 Å². The number of halogens is 2. The van der Waals surface area contributed by atoms with E-state index in [0.717, 1.165) is 16.9 Å². The lowest BCUT2D eigenvalue weighted by Gasteiger charge is -2.16. The highest BCUT2D eigenvalue weighted by Gasteiger charge is 2.14. The molecular formula is C18H18Cl2N2O3. The molecule has 1 amide bonds. The number of carbonyl (C=O) groups excluding carboxylic acids is 1. The third-order valence-electron chi connectivity index (χ3n) is 3.92. The van der Waals surface area contributed by atoms with Crippen molar-refractivity contribution < 1.29 is 14.3 Å². The van der Waals surface area contributed by atoms with Gasteiger partial charge in [-0.15, -0.1) is 0 Å². The maximum absolute atomic E-state index is 12.0. The zero-order valence-electron chi connectivity index (χ0n) is 13.6. The predicted octanol–water partition coefficient (Wildman–Crippen LogP) is 3.69. The van der Waals surface area contributed by atoms with Crippen LogP contribution >= 0.6 is 23.2 Å². The first-order valence-corrected chi connectivity index (χ1v) is 8.62. The monoisotopic (exact) mass is 380 g/mol. The molecule has 1 aliphatic heterocycles. The number of hydrogen-bond acceptors (Lipinski definition) is 4. The van der Waals surface area contributed by atoms with Gasteiger partial charge in [-0.2, -0.15) is 0 Å². The zero-order chi connectivity index (χ0) is 17.8. The normalized spacial score (nSPS) is 13.6. The summed E-state index contributed by atoms with van der Waals surface area (Å²) >= 11 is 12.1. The number of amides is 1. The van der Waals surface area contributed by atoms with Crippen LogP contribution in [0.5, 0.6) is 11.5 Å². The molecule has 2 aromatic rings. The molecule has 0 bridgehead atoms. The number of ether oxygens (including phenoxy) is 2. The second-order valence-corrected chi connectivity index (χ2v) is 6.58. The fourth-order valence-electron chi connectivity index (χ4n) is 2.52. The predicted molar refractivity (Wildman–Crippen MR) is 97.3 cm³/mol. The van der Waals surface area contributed by atoms with Crippen LogP contribution in [0.3, 0.4) is 0 Å². The molecular weight excluding hydrogens is 363 g/mol. The smallest absolute Gasteiger partial charge is 0.234 e. The average Bonchev–Trinajstić information content (AvgIpc) is 3.05. The number of nitrogens with one attached hydrogen (secondary N) is 2. The summed E-state index contributed by atoms with van der Waals surface area (Å²) in [5.41, 5.74) is 1.85. The van der Waals surface area contributed by atoms with Crippen LogP contribution < -0.4 is 20.1 Å². The summed E-state index contributed by atoms with van der Waals surface area (Å²) in [6.07, 6.45) is 0. The highest BCUT2D eigenvalue weighted by Crippen LogP contribution is 2.32. The quantitative estimate of drug-likeness (QED) is 0.802. The number of benzene rings is 2. The van der Waals surface area contributed by atoms with Crippen LogP contribution in [0.25, 0.3) is 0 Å². The Morgan fingerprint density at radius 1 is 1.16 bits per heavy atom. The van der Waals surface area contributed by atoms with Gasteiger partial charge in [0, 0.05) is 22.6 Å². The van der Waals surface area contributed by atoms with Crippen molar-refractivity contribution >= 4 is 29.1 Å². The molecule has 0 unspecified atom stereocenters. The molecule has 25 heavy (non-hydrogen) atoms. The summed E-state index contributed by atoms with van der Waals surface area (Å²) in [4.78, 5) is 12.0. The van der Waals surface area contributed by atoms with E-state index < -0.39 is 0 Å². The maximum atomic E-state index is 12.0. The minimum atomic E-state index is -0.102. The molecule has 5 nitrogen and oxygen atoms in total. The van der Waals surface area contributed by atoms with E-state index in [9.17, 15) is 4.79 Å². The van der Waals surface area contributed by atoms with Gasteiger partial charge in [0.05, 0.1) is 6.54 Å². The minimum absolute atomic E-state index is 0.0685. The van der Waals surface area contributed by atoms with Gasteiger partial charge in [-0.05, 0) is 42.3 Å². The zero-order valence-corrected chi connectivity index (χ0v) is 15.2. The first-order chi connectivity index (χ1) is 12.0. The Bertz CT molecular complexity index is 783. The molecule has 0 saturated carbocycles. The van der Waals surface area contributed by atoms with E-state index in [1.54, 1.807) is 12.1 Å². The van der Waals surface area contributed by atoms with Gasteiger partial charge >= 0.3 is 0 Å². The van der Waals surface area contributed by atoms with Crippen LogP contribution in [0.1, 0.15) is 24.1 Å². The Morgan fingerprint density at radius 2 is 1.96 bits per heavy atom. The lowest BCUT2D eigenvalue weighted by molar-refractivity contribution is -0.120. The van der Waals surface area contributed by atoms with Crippen LogP contribution in [0.15, 0.2) is 36.4 Å². The van der Waals surface area contributed by atoms with E-state index in [2.05, 4.69) is 10.6 Å². The van der Waals surface area contributed by atoms with E-state index in [0.29, 0.717) is 22.3 Å². The Morgan fingerprint density at radius 3 is 2.76 bits per heavy atom. The first kappa shape index (κ1) is 17.9. The van der Waals surface area contributed by atoms with Crippen molar-refractivity contribution in [3.05, 3.63) is 57.6 Å². The molecule has 0 aliphatic carbocycles. The van der Waals surface area contributed by atoms with Gasteiger partial charge in [-0.1, -0.05) is 35.3 Å². The molecule has 0 fully saturated rings. The molecule has 3 rings (SSSR count). The van der Waals surface area contributed by atoms with Crippen LogP contribution in [-0.2, 0) is 11.3 Å². The van der Waals surface area contributed by atoms with Crippen LogP contribution in [-0.4, -0.2) is 19.2 Å². The highest BCUT2D eigenvalue weighted by atomic mass is 35.5. The van der Waals surface area contributed by atoms with Crippen LogP contribution in [0.4, 0.5) is 0 Å². The molecule has 0 radical (unpaired) electrons.